The Morgan fingerprint density at radius 3 is 2.68 bits per heavy atom. The molecule has 0 aliphatic rings. The van der Waals surface area contributed by atoms with Gasteiger partial charge in [0.2, 0.25) is 0 Å². The van der Waals surface area contributed by atoms with Crippen LogP contribution in [0.3, 0.4) is 0 Å². The minimum atomic E-state index is -0.0966. The number of methoxy groups -OCH3 is 1. The molecule has 2 aromatic carbocycles. The van der Waals surface area contributed by atoms with Gasteiger partial charge in [-0.1, -0.05) is 29.8 Å². The molecule has 0 radical (unpaired) electrons. The molecule has 0 saturated carbocycles. The molecule has 0 amide bonds. The molecular weight excluding hydrogens is 347 g/mol. The van der Waals surface area contributed by atoms with Crippen LogP contribution in [0.4, 0.5) is 0 Å². The van der Waals surface area contributed by atoms with Crippen molar-refractivity contribution in [3.05, 3.63) is 63.1 Å². The Bertz CT molecular complexity index is 572. The summed E-state index contributed by atoms with van der Waals surface area (Å²) >= 11 is 15.8. The van der Waals surface area contributed by atoms with Gasteiger partial charge in [-0.3, -0.25) is 0 Å². The van der Waals surface area contributed by atoms with Gasteiger partial charge in [-0.15, -0.1) is 11.6 Å². The van der Waals surface area contributed by atoms with E-state index in [0.29, 0.717) is 5.02 Å². The van der Waals surface area contributed by atoms with Crippen LogP contribution in [0.5, 0.6) is 5.75 Å². The summed E-state index contributed by atoms with van der Waals surface area (Å²) < 4.78 is 6.07. The molecule has 0 spiro atoms. The maximum absolute atomic E-state index is 6.46. The van der Waals surface area contributed by atoms with Crippen molar-refractivity contribution in [2.45, 2.75) is 11.8 Å². The number of alkyl halides is 1. The molecule has 0 aromatic heterocycles. The summed E-state index contributed by atoms with van der Waals surface area (Å²) in [5, 5.41) is 0.592. The fraction of sp³-hybridized carbons (Fsp3) is 0.200. The smallest absolute Gasteiger partial charge is 0.119 e. The number of halogens is 3. The zero-order chi connectivity index (χ0) is 13.8. The molecule has 1 unspecified atom stereocenters. The van der Waals surface area contributed by atoms with Crippen molar-refractivity contribution in [1.82, 2.24) is 0 Å². The first-order valence-corrected chi connectivity index (χ1v) is 7.43. The Balaban J connectivity index is 2.15. The topological polar surface area (TPSA) is 9.23 Å². The summed E-state index contributed by atoms with van der Waals surface area (Å²) in [6.07, 6.45) is 0.743. The van der Waals surface area contributed by atoms with Crippen LogP contribution in [0.1, 0.15) is 16.5 Å². The van der Waals surface area contributed by atoms with Crippen LogP contribution < -0.4 is 4.74 Å². The third kappa shape index (κ3) is 3.88. The van der Waals surface area contributed by atoms with E-state index in [1.54, 1.807) is 7.11 Å². The predicted molar refractivity (Wildman–Crippen MR) is 84.4 cm³/mol. The number of rotatable bonds is 4. The van der Waals surface area contributed by atoms with Crippen molar-refractivity contribution in [3.8, 4) is 5.75 Å². The van der Waals surface area contributed by atoms with Gasteiger partial charge in [0.05, 0.1) is 17.5 Å². The lowest BCUT2D eigenvalue weighted by molar-refractivity contribution is 0.414. The van der Waals surface area contributed by atoms with Crippen LogP contribution in [0.25, 0.3) is 0 Å². The Morgan fingerprint density at radius 1 is 1.21 bits per heavy atom. The Hall–Kier alpha value is -0.700. The molecule has 0 N–H and O–H groups in total. The fourth-order valence-electron chi connectivity index (χ4n) is 1.83. The van der Waals surface area contributed by atoms with E-state index >= 15 is 0 Å². The number of hydrogen-bond acceptors (Lipinski definition) is 1. The minimum Gasteiger partial charge on any atom is -0.497 e. The zero-order valence-corrected chi connectivity index (χ0v) is 13.5. The molecule has 0 bridgehead atoms. The number of benzene rings is 2. The van der Waals surface area contributed by atoms with Gasteiger partial charge in [0, 0.05) is 4.47 Å². The molecule has 0 saturated heterocycles. The molecule has 0 fully saturated rings. The molecule has 1 nitrogen and oxygen atoms in total. The second kappa shape index (κ2) is 6.65. The van der Waals surface area contributed by atoms with E-state index in [4.69, 9.17) is 27.9 Å². The first kappa shape index (κ1) is 14.7. The SMILES string of the molecule is COc1cccc(CC(Cl)c2ccc(Cl)c(Br)c2)c1. The average Bonchev–Trinajstić information content (AvgIpc) is 2.42. The molecule has 0 aliphatic carbocycles. The van der Waals surface area contributed by atoms with E-state index in [-0.39, 0.29) is 5.38 Å². The first-order chi connectivity index (χ1) is 9.10. The lowest BCUT2D eigenvalue weighted by atomic mass is 10.0. The van der Waals surface area contributed by atoms with Gasteiger partial charge in [0.25, 0.3) is 0 Å². The molecular formula is C15H13BrCl2O. The maximum atomic E-state index is 6.46. The van der Waals surface area contributed by atoms with E-state index in [2.05, 4.69) is 15.9 Å². The average molecular weight is 360 g/mol. The highest BCUT2D eigenvalue weighted by Crippen LogP contribution is 2.31. The molecule has 0 heterocycles. The van der Waals surface area contributed by atoms with E-state index in [0.717, 1.165) is 27.8 Å². The number of hydrogen-bond donors (Lipinski definition) is 0. The van der Waals surface area contributed by atoms with Crippen LogP contribution in [-0.2, 0) is 6.42 Å². The standard InChI is InChI=1S/C15H13BrCl2O/c1-19-12-4-2-3-10(7-12)8-15(18)11-5-6-14(17)13(16)9-11/h2-7,9,15H,8H2,1H3. The quantitative estimate of drug-likeness (QED) is 0.642. The molecule has 2 rings (SSSR count). The van der Waals surface area contributed by atoms with Gasteiger partial charge in [0.1, 0.15) is 5.75 Å². The summed E-state index contributed by atoms with van der Waals surface area (Å²) in [5.41, 5.74) is 2.19. The summed E-state index contributed by atoms with van der Waals surface area (Å²) in [5.74, 6) is 0.846. The van der Waals surface area contributed by atoms with Crippen LogP contribution in [0.2, 0.25) is 5.02 Å². The van der Waals surface area contributed by atoms with Crippen molar-refractivity contribution in [2.24, 2.45) is 0 Å². The van der Waals surface area contributed by atoms with Crippen molar-refractivity contribution >= 4 is 39.1 Å². The highest BCUT2D eigenvalue weighted by molar-refractivity contribution is 9.10. The summed E-state index contributed by atoms with van der Waals surface area (Å²) in [6.45, 7) is 0. The van der Waals surface area contributed by atoms with Gasteiger partial charge < -0.3 is 4.74 Å². The predicted octanol–water partition coefficient (Wildman–Crippen LogP) is 5.63. The Labute approximate surface area is 131 Å². The Morgan fingerprint density at radius 2 is 2.00 bits per heavy atom. The van der Waals surface area contributed by atoms with Crippen LogP contribution in [0, 0.1) is 0 Å². The van der Waals surface area contributed by atoms with Crippen molar-refractivity contribution in [1.29, 1.82) is 0 Å². The first-order valence-electron chi connectivity index (χ1n) is 5.82. The molecule has 4 heteroatoms. The van der Waals surface area contributed by atoms with Gasteiger partial charge >= 0.3 is 0 Å². The van der Waals surface area contributed by atoms with Crippen LogP contribution in [0.15, 0.2) is 46.9 Å². The van der Waals surface area contributed by atoms with E-state index < -0.39 is 0 Å². The summed E-state index contributed by atoms with van der Waals surface area (Å²) in [4.78, 5) is 0. The molecule has 100 valence electrons. The van der Waals surface area contributed by atoms with Crippen molar-refractivity contribution < 1.29 is 4.74 Å². The Kier molecular flexibility index (Phi) is 5.14. The van der Waals surface area contributed by atoms with Gasteiger partial charge in [-0.2, -0.15) is 0 Å². The zero-order valence-electron chi connectivity index (χ0n) is 10.4. The van der Waals surface area contributed by atoms with Crippen LogP contribution in [-0.4, -0.2) is 7.11 Å². The summed E-state index contributed by atoms with van der Waals surface area (Å²) in [7, 11) is 1.66. The molecule has 0 aliphatic heterocycles. The minimum absolute atomic E-state index is 0.0966. The van der Waals surface area contributed by atoms with Crippen molar-refractivity contribution in [2.75, 3.05) is 7.11 Å². The third-order valence-corrected chi connectivity index (χ3v) is 4.47. The second-order valence-electron chi connectivity index (χ2n) is 4.20. The number of ether oxygens (including phenoxy) is 1. The molecule has 2 aromatic rings. The van der Waals surface area contributed by atoms with Gasteiger partial charge in [-0.05, 0) is 57.7 Å². The normalized spacial score (nSPS) is 12.2. The van der Waals surface area contributed by atoms with E-state index in [9.17, 15) is 0 Å². The molecule has 19 heavy (non-hydrogen) atoms. The highest BCUT2D eigenvalue weighted by Gasteiger charge is 2.11. The lowest BCUT2D eigenvalue weighted by Crippen LogP contribution is -1.96. The third-order valence-electron chi connectivity index (χ3n) is 2.85. The van der Waals surface area contributed by atoms with Gasteiger partial charge in [0.15, 0.2) is 0 Å². The molecule has 1 atom stereocenters. The van der Waals surface area contributed by atoms with Gasteiger partial charge in [-0.25, -0.2) is 0 Å². The highest BCUT2D eigenvalue weighted by atomic mass is 79.9. The largest absolute Gasteiger partial charge is 0.497 e. The maximum Gasteiger partial charge on any atom is 0.119 e. The summed E-state index contributed by atoms with van der Waals surface area (Å²) in [6, 6.07) is 13.7. The second-order valence-corrected chi connectivity index (χ2v) is 5.99. The van der Waals surface area contributed by atoms with E-state index in [1.807, 2.05) is 42.5 Å². The fourth-order valence-corrected chi connectivity index (χ4v) is 2.66. The lowest BCUT2D eigenvalue weighted by Gasteiger charge is -2.12. The van der Waals surface area contributed by atoms with E-state index in [1.165, 1.54) is 0 Å². The van der Waals surface area contributed by atoms with Crippen LogP contribution >= 0.6 is 39.1 Å². The monoisotopic (exact) mass is 358 g/mol. The van der Waals surface area contributed by atoms with Crippen molar-refractivity contribution in [3.63, 3.8) is 0 Å².